The van der Waals surface area contributed by atoms with Crippen molar-refractivity contribution < 1.29 is 0 Å². The average molecular weight is 801 g/mol. The van der Waals surface area contributed by atoms with E-state index < -0.39 is 0 Å². The van der Waals surface area contributed by atoms with Crippen LogP contribution in [0.2, 0.25) is 0 Å². The molecule has 2 aliphatic heterocycles. The fourth-order valence-electron chi connectivity index (χ4n) is 11.1. The fourth-order valence-corrected chi connectivity index (χ4v) is 11.1. The van der Waals surface area contributed by atoms with E-state index in [-0.39, 0.29) is 6.71 Å². The number of hydrogen-bond donors (Lipinski definition) is 0. The third-order valence-electron chi connectivity index (χ3n) is 13.8. The van der Waals surface area contributed by atoms with Crippen LogP contribution < -0.4 is 26.2 Å². The van der Waals surface area contributed by atoms with Crippen LogP contribution in [0.5, 0.6) is 0 Å². The summed E-state index contributed by atoms with van der Waals surface area (Å²) < 4.78 is 0. The van der Waals surface area contributed by atoms with Gasteiger partial charge >= 0.3 is 0 Å². The highest BCUT2D eigenvalue weighted by molar-refractivity contribution is 7.00. The van der Waals surface area contributed by atoms with Crippen molar-refractivity contribution in [1.82, 2.24) is 0 Å². The molecule has 0 atom stereocenters. The minimum absolute atomic E-state index is 0.0386. The van der Waals surface area contributed by atoms with Gasteiger partial charge in [0.25, 0.3) is 6.71 Å². The SMILES string of the molecule is Cc1cc(-c2ccccc2)cc(C)c1-c1cc2c3c(c1)N(c1ccccc1)c1cc4ccc5ccccc5c4cc1B3c1cc3c(ccc4ccccc43)cc1N2c1ccccc1. The zero-order valence-corrected chi connectivity index (χ0v) is 35.2. The maximum Gasteiger partial charge on any atom is 0.252 e. The van der Waals surface area contributed by atoms with Crippen molar-refractivity contribution in [3.05, 3.63) is 223 Å². The van der Waals surface area contributed by atoms with Crippen molar-refractivity contribution in [2.24, 2.45) is 0 Å². The number of nitrogens with zero attached hydrogens (tertiary/aromatic N) is 2. The third-order valence-corrected chi connectivity index (χ3v) is 13.8. The Hall–Kier alpha value is -7.88. The molecule has 0 saturated heterocycles. The van der Waals surface area contributed by atoms with E-state index in [9.17, 15) is 0 Å². The lowest BCUT2D eigenvalue weighted by Gasteiger charge is -2.45. The first-order valence-electron chi connectivity index (χ1n) is 22.0. The summed E-state index contributed by atoms with van der Waals surface area (Å²) in [5.74, 6) is 0. The van der Waals surface area contributed by atoms with Crippen LogP contribution in [0.15, 0.2) is 212 Å². The molecule has 0 aliphatic carbocycles. The molecule has 63 heavy (non-hydrogen) atoms. The van der Waals surface area contributed by atoms with Crippen LogP contribution in [-0.4, -0.2) is 6.71 Å². The third kappa shape index (κ3) is 5.46. The van der Waals surface area contributed by atoms with E-state index in [1.807, 2.05) is 0 Å². The van der Waals surface area contributed by atoms with Gasteiger partial charge in [0.05, 0.1) is 0 Å². The number of anilines is 6. The van der Waals surface area contributed by atoms with Gasteiger partial charge in [-0.3, -0.25) is 0 Å². The zero-order valence-electron chi connectivity index (χ0n) is 35.2. The van der Waals surface area contributed by atoms with Crippen molar-refractivity contribution >= 4 is 100 Å². The second-order valence-corrected chi connectivity index (χ2v) is 17.4. The van der Waals surface area contributed by atoms with E-state index in [0.29, 0.717) is 0 Å². The summed E-state index contributed by atoms with van der Waals surface area (Å²) in [6.07, 6.45) is 0. The van der Waals surface area contributed by atoms with Crippen molar-refractivity contribution in [3.63, 3.8) is 0 Å². The first kappa shape index (κ1) is 35.8. The standard InChI is InChI=1S/C60H41BN2/c1-38-30-45(40-16-6-3-7-17-40)31-39(2)59(38)46-34-57-60-58(35-46)63(48-22-10-5-11-23-48)56-33-44-29-27-42-19-13-15-25-50(42)52(44)37-54(56)61(60)53-36-51-43(28-26-41-18-12-14-24-49(41)51)32-55(53)62(57)47-20-8-4-9-21-47/h3-37H,1-2H3. The van der Waals surface area contributed by atoms with Crippen LogP contribution in [0.25, 0.3) is 65.3 Å². The Labute approximate surface area is 368 Å². The molecule has 2 heterocycles. The molecule has 0 unspecified atom stereocenters. The summed E-state index contributed by atoms with van der Waals surface area (Å²) in [5, 5.41) is 10.1. The molecule has 0 bridgehead atoms. The molecular formula is C60H41BN2. The Morgan fingerprint density at radius 1 is 0.317 bits per heavy atom. The number of para-hydroxylation sites is 2. The van der Waals surface area contributed by atoms with Gasteiger partial charge in [-0.05, 0) is 155 Å². The van der Waals surface area contributed by atoms with Gasteiger partial charge in [-0.25, -0.2) is 0 Å². The van der Waals surface area contributed by atoms with Crippen LogP contribution in [-0.2, 0) is 0 Å². The molecule has 0 radical (unpaired) electrons. The van der Waals surface area contributed by atoms with E-state index in [2.05, 4.69) is 236 Å². The van der Waals surface area contributed by atoms with E-state index in [1.165, 1.54) is 116 Å². The largest absolute Gasteiger partial charge is 0.311 e. The topological polar surface area (TPSA) is 6.48 Å². The summed E-state index contributed by atoms with van der Waals surface area (Å²) in [5.41, 5.74) is 18.6. The molecule has 0 N–H and O–H groups in total. The molecule has 13 rings (SSSR count). The molecule has 3 heteroatoms. The number of rotatable bonds is 4. The maximum atomic E-state index is 2.55. The molecule has 0 amide bonds. The van der Waals surface area contributed by atoms with Gasteiger partial charge in [-0.1, -0.05) is 164 Å². The predicted molar refractivity (Wildman–Crippen MR) is 271 cm³/mol. The van der Waals surface area contributed by atoms with Gasteiger partial charge in [0.15, 0.2) is 0 Å². The Balaban J connectivity index is 1.18. The van der Waals surface area contributed by atoms with Crippen LogP contribution in [0, 0.1) is 13.8 Å². The molecule has 0 aromatic heterocycles. The first-order chi connectivity index (χ1) is 31.1. The molecule has 11 aromatic rings. The summed E-state index contributed by atoms with van der Waals surface area (Å²) in [6.45, 7) is 4.52. The monoisotopic (exact) mass is 800 g/mol. The smallest absolute Gasteiger partial charge is 0.252 e. The summed E-state index contributed by atoms with van der Waals surface area (Å²) in [4.78, 5) is 5.10. The normalized spacial score (nSPS) is 12.8. The van der Waals surface area contributed by atoms with E-state index in [1.54, 1.807) is 0 Å². The number of aryl methyl sites for hydroxylation is 2. The quantitative estimate of drug-likeness (QED) is 0.129. The minimum atomic E-state index is -0.0386. The predicted octanol–water partition coefficient (Wildman–Crippen LogP) is 14.3. The number of fused-ring (bicyclic) bond motifs is 10. The average Bonchev–Trinajstić information content (AvgIpc) is 3.33. The van der Waals surface area contributed by atoms with E-state index >= 15 is 0 Å². The number of hydrogen-bond acceptors (Lipinski definition) is 2. The highest BCUT2D eigenvalue weighted by Crippen LogP contribution is 2.48. The molecule has 11 aromatic carbocycles. The van der Waals surface area contributed by atoms with Gasteiger partial charge in [-0.2, -0.15) is 0 Å². The van der Waals surface area contributed by atoms with E-state index in [0.717, 1.165) is 11.4 Å². The molecule has 0 saturated carbocycles. The highest BCUT2D eigenvalue weighted by Gasteiger charge is 2.44. The first-order valence-corrected chi connectivity index (χ1v) is 22.0. The Bertz CT molecular complexity index is 3440. The Kier molecular flexibility index (Phi) is 7.86. The van der Waals surface area contributed by atoms with Crippen molar-refractivity contribution in [3.8, 4) is 22.3 Å². The number of benzene rings is 11. The minimum Gasteiger partial charge on any atom is -0.311 e. The van der Waals surface area contributed by atoms with Crippen LogP contribution in [0.1, 0.15) is 11.1 Å². The molecule has 2 aliphatic rings. The molecule has 0 fully saturated rings. The van der Waals surface area contributed by atoms with Crippen LogP contribution in [0.4, 0.5) is 34.1 Å². The molecular weight excluding hydrogens is 759 g/mol. The lowest BCUT2D eigenvalue weighted by Crippen LogP contribution is -2.61. The summed E-state index contributed by atoms with van der Waals surface area (Å²) in [6, 6.07) is 79.3. The zero-order chi connectivity index (χ0) is 41.8. The van der Waals surface area contributed by atoms with Gasteiger partial charge < -0.3 is 9.80 Å². The second-order valence-electron chi connectivity index (χ2n) is 17.4. The fraction of sp³-hybridized carbons (Fsp3) is 0.0333. The van der Waals surface area contributed by atoms with Crippen LogP contribution in [0.3, 0.4) is 0 Å². The summed E-state index contributed by atoms with van der Waals surface area (Å²) >= 11 is 0. The van der Waals surface area contributed by atoms with Crippen LogP contribution >= 0.6 is 0 Å². The molecule has 0 spiro atoms. The Morgan fingerprint density at radius 2 is 0.746 bits per heavy atom. The molecule has 2 nitrogen and oxygen atoms in total. The molecule has 294 valence electrons. The second kappa shape index (κ2) is 13.8. The lowest BCUT2D eigenvalue weighted by molar-refractivity contribution is 1.25. The summed E-state index contributed by atoms with van der Waals surface area (Å²) in [7, 11) is 0. The van der Waals surface area contributed by atoms with E-state index in [4.69, 9.17) is 0 Å². The van der Waals surface area contributed by atoms with Gasteiger partial charge in [0.1, 0.15) is 0 Å². The van der Waals surface area contributed by atoms with Gasteiger partial charge in [0, 0.05) is 34.1 Å². The van der Waals surface area contributed by atoms with Gasteiger partial charge in [-0.15, -0.1) is 0 Å². The van der Waals surface area contributed by atoms with Crippen molar-refractivity contribution in [2.75, 3.05) is 9.80 Å². The highest BCUT2D eigenvalue weighted by atomic mass is 15.2. The van der Waals surface area contributed by atoms with Crippen molar-refractivity contribution in [1.29, 1.82) is 0 Å². The lowest BCUT2D eigenvalue weighted by atomic mass is 9.33. The van der Waals surface area contributed by atoms with Crippen molar-refractivity contribution in [2.45, 2.75) is 13.8 Å². The van der Waals surface area contributed by atoms with Gasteiger partial charge in [0.2, 0.25) is 0 Å². The Morgan fingerprint density at radius 3 is 1.24 bits per heavy atom. The maximum absolute atomic E-state index is 2.55.